The van der Waals surface area contributed by atoms with Crippen LogP contribution >= 0.6 is 23.1 Å². The molecular weight excluding hydrogens is 254 g/mol. The Labute approximate surface area is 107 Å². The molecule has 0 bridgehead atoms. The maximum absolute atomic E-state index is 5.79. The zero-order valence-electron chi connectivity index (χ0n) is 9.25. The SMILES string of the molecule is Cc1nnc(Sc2cc(N)nc(C3CC3)n2)s1. The second-order valence-electron chi connectivity index (χ2n) is 3.95. The predicted octanol–water partition coefficient (Wildman–Crippen LogP) is 2.25. The lowest BCUT2D eigenvalue weighted by molar-refractivity contribution is 0.882. The van der Waals surface area contributed by atoms with Gasteiger partial charge in [0, 0.05) is 12.0 Å². The molecule has 1 aliphatic carbocycles. The number of hydrogen-bond acceptors (Lipinski definition) is 7. The molecular formula is C10H11N5S2. The van der Waals surface area contributed by atoms with Crippen LogP contribution in [0.25, 0.3) is 0 Å². The Balaban J connectivity index is 1.86. The number of aryl methyl sites for hydroxylation is 1. The van der Waals surface area contributed by atoms with E-state index >= 15 is 0 Å². The number of nitrogens with two attached hydrogens (primary N) is 1. The van der Waals surface area contributed by atoms with Gasteiger partial charge in [0.2, 0.25) is 0 Å². The Morgan fingerprint density at radius 3 is 2.82 bits per heavy atom. The van der Waals surface area contributed by atoms with Crippen LogP contribution in [-0.4, -0.2) is 20.2 Å². The molecule has 0 saturated heterocycles. The fourth-order valence-corrected chi connectivity index (χ4v) is 3.23. The fourth-order valence-electron chi connectivity index (χ4n) is 1.45. The number of nitrogen functional groups attached to an aromatic ring is 1. The number of anilines is 1. The summed E-state index contributed by atoms with van der Waals surface area (Å²) in [5, 5.41) is 9.85. The van der Waals surface area contributed by atoms with Crippen molar-refractivity contribution in [2.24, 2.45) is 0 Å². The second kappa shape index (κ2) is 4.23. The van der Waals surface area contributed by atoms with Crippen molar-refractivity contribution in [1.82, 2.24) is 20.2 Å². The standard InChI is InChI=1S/C10H11N5S2/c1-5-14-15-10(16-5)17-8-4-7(11)12-9(13-8)6-2-3-6/h4,6H,2-3H2,1H3,(H2,11,12,13). The Kier molecular flexibility index (Phi) is 2.71. The van der Waals surface area contributed by atoms with Crippen molar-refractivity contribution in [3.63, 3.8) is 0 Å². The molecule has 3 rings (SSSR count). The first-order valence-electron chi connectivity index (χ1n) is 5.33. The van der Waals surface area contributed by atoms with E-state index in [2.05, 4.69) is 20.2 Å². The van der Waals surface area contributed by atoms with E-state index in [0.717, 1.165) is 20.2 Å². The predicted molar refractivity (Wildman–Crippen MR) is 67.2 cm³/mol. The molecule has 0 amide bonds. The number of aromatic nitrogens is 4. The van der Waals surface area contributed by atoms with E-state index in [1.165, 1.54) is 24.6 Å². The van der Waals surface area contributed by atoms with Crippen LogP contribution in [0.4, 0.5) is 5.82 Å². The summed E-state index contributed by atoms with van der Waals surface area (Å²) < 4.78 is 0.891. The second-order valence-corrected chi connectivity index (χ2v) is 6.40. The summed E-state index contributed by atoms with van der Waals surface area (Å²) in [7, 11) is 0. The lowest BCUT2D eigenvalue weighted by Gasteiger charge is -2.02. The molecule has 17 heavy (non-hydrogen) atoms. The molecule has 0 atom stereocenters. The van der Waals surface area contributed by atoms with Crippen molar-refractivity contribution in [3.05, 3.63) is 16.9 Å². The summed E-state index contributed by atoms with van der Waals surface area (Å²) in [5.41, 5.74) is 5.79. The van der Waals surface area contributed by atoms with Gasteiger partial charge in [0.05, 0.1) is 0 Å². The smallest absolute Gasteiger partial charge is 0.180 e. The highest BCUT2D eigenvalue weighted by Crippen LogP contribution is 2.39. The molecule has 1 saturated carbocycles. The van der Waals surface area contributed by atoms with E-state index in [9.17, 15) is 0 Å². The fraction of sp³-hybridized carbons (Fsp3) is 0.400. The van der Waals surface area contributed by atoms with Crippen LogP contribution in [-0.2, 0) is 0 Å². The minimum absolute atomic E-state index is 0.508. The molecule has 0 radical (unpaired) electrons. The zero-order valence-corrected chi connectivity index (χ0v) is 10.9. The van der Waals surface area contributed by atoms with Crippen molar-refractivity contribution in [3.8, 4) is 0 Å². The summed E-state index contributed by atoms with van der Waals surface area (Å²) in [4.78, 5) is 8.77. The number of hydrogen-bond donors (Lipinski definition) is 1. The van der Waals surface area contributed by atoms with Crippen molar-refractivity contribution < 1.29 is 0 Å². The van der Waals surface area contributed by atoms with E-state index in [-0.39, 0.29) is 0 Å². The van der Waals surface area contributed by atoms with Crippen LogP contribution in [0.3, 0.4) is 0 Å². The molecule has 2 heterocycles. The summed E-state index contributed by atoms with van der Waals surface area (Å²) in [6, 6.07) is 1.78. The molecule has 0 aliphatic heterocycles. The maximum Gasteiger partial charge on any atom is 0.180 e. The van der Waals surface area contributed by atoms with Gasteiger partial charge in [-0.2, -0.15) is 0 Å². The molecule has 7 heteroatoms. The molecule has 5 nitrogen and oxygen atoms in total. The van der Waals surface area contributed by atoms with Gasteiger partial charge in [0.25, 0.3) is 0 Å². The average Bonchev–Trinajstić information content (AvgIpc) is 3.03. The van der Waals surface area contributed by atoms with Crippen LogP contribution in [0.5, 0.6) is 0 Å². The van der Waals surface area contributed by atoms with Gasteiger partial charge in [-0.15, -0.1) is 10.2 Å². The Morgan fingerprint density at radius 2 is 2.18 bits per heavy atom. The van der Waals surface area contributed by atoms with Crippen molar-refractivity contribution in [2.75, 3.05) is 5.73 Å². The molecule has 88 valence electrons. The van der Waals surface area contributed by atoms with E-state index in [0.29, 0.717) is 11.7 Å². The normalized spacial score (nSPS) is 15.1. The third-order valence-electron chi connectivity index (χ3n) is 2.38. The first-order valence-corrected chi connectivity index (χ1v) is 6.96. The van der Waals surface area contributed by atoms with Crippen molar-refractivity contribution >= 4 is 28.9 Å². The molecule has 2 aromatic heterocycles. The van der Waals surface area contributed by atoms with Gasteiger partial charge in [-0.1, -0.05) is 11.3 Å². The van der Waals surface area contributed by atoms with Gasteiger partial charge in [-0.3, -0.25) is 0 Å². The summed E-state index contributed by atoms with van der Waals surface area (Å²) in [6.07, 6.45) is 2.34. The third-order valence-corrected chi connectivity index (χ3v) is 4.19. The van der Waals surface area contributed by atoms with E-state index in [1.807, 2.05) is 6.92 Å². The molecule has 2 N–H and O–H groups in total. The third kappa shape index (κ3) is 2.55. The van der Waals surface area contributed by atoms with Gasteiger partial charge < -0.3 is 5.73 Å². The average molecular weight is 265 g/mol. The number of nitrogens with zero attached hydrogens (tertiary/aromatic N) is 4. The lowest BCUT2D eigenvalue weighted by atomic mass is 10.4. The van der Waals surface area contributed by atoms with E-state index < -0.39 is 0 Å². The van der Waals surface area contributed by atoms with Crippen LogP contribution in [0, 0.1) is 6.92 Å². The first kappa shape index (κ1) is 10.9. The van der Waals surface area contributed by atoms with Crippen LogP contribution in [0.1, 0.15) is 29.6 Å². The van der Waals surface area contributed by atoms with Gasteiger partial charge in [0.15, 0.2) is 4.34 Å². The monoisotopic (exact) mass is 265 g/mol. The minimum Gasteiger partial charge on any atom is -0.384 e. The first-order chi connectivity index (χ1) is 8.20. The van der Waals surface area contributed by atoms with Crippen LogP contribution in [0.2, 0.25) is 0 Å². The minimum atomic E-state index is 0.508. The maximum atomic E-state index is 5.79. The number of rotatable bonds is 3. The van der Waals surface area contributed by atoms with Crippen molar-refractivity contribution in [1.29, 1.82) is 0 Å². The molecule has 0 aromatic carbocycles. The zero-order chi connectivity index (χ0) is 11.8. The topological polar surface area (TPSA) is 77.6 Å². The lowest BCUT2D eigenvalue weighted by Crippen LogP contribution is -1.99. The Morgan fingerprint density at radius 1 is 1.35 bits per heavy atom. The molecule has 2 aromatic rings. The van der Waals surface area contributed by atoms with Gasteiger partial charge in [-0.25, -0.2) is 9.97 Å². The van der Waals surface area contributed by atoms with Crippen LogP contribution in [0.15, 0.2) is 15.4 Å². The van der Waals surface area contributed by atoms with Crippen molar-refractivity contribution in [2.45, 2.75) is 35.0 Å². The molecule has 1 fully saturated rings. The highest BCUT2D eigenvalue weighted by atomic mass is 32.2. The molecule has 1 aliphatic rings. The summed E-state index contributed by atoms with van der Waals surface area (Å²) >= 11 is 3.05. The highest BCUT2D eigenvalue weighted by molar-refractivity contribution is 8.01. The van der Waals surface area contributed by atoms with E-state index in [1.54, 1.807) is 17.4 Å². The quantitative estimate of drug-likeness (QED) is 0.858. The van der Waals surface area contributed by atoms with Gasteiger partial charge in [-0.05, 0) is 31.5 Å². The van der Waals surface area contributed by atoms with E-state index in [4.69, 9.17) is 5.73 Å². The Bertz CT molecular complexity index is 549. The largest absolute Gasteiger partial charge is 0.384 e. The van der Waals surface area contributed by atoms with Gasteiger partial charge in [0.1, 0.15) is 21.7 Å². The molecule has 0 spiro atoms. The Hall–Kier alpha value is -1.21. The highest BCUT2D eigenvalue weighted by Gasteiger charge is 2.27. The van der Waals surface area contributed by atoms with Gasteiger partial charge >= 0.3 is 0 Å². The molecule has 0 unspecified atom stereocenters. The van der Waals surface area contributed by atoms with Crippen LogP contribution < -0.4 is 5.73 Å². The summed E-state index contributed by atoms with van der Waals surface area (Å²) in [6.45, 7) is 1.94. The summed E-state index contributed by atoms with van der Waals surface area (Å²) in [5.74, 6) is 1.91.